The molecule has 0 spiro atoms. The number of ether oxygens (including phenoxy) is 2. The number of nitrogens with two attached hydrogens (primary N) is 1. The maximum atomic E-state index is 11.0. The Labute approximate surface area is 110 Å². The topological polar surface area (TPSA) is 103 Å². The molecule has 7 heteroatoms. The summed E-state index contributed by atoms with van der Waals surface area (Å²) in [5.41, 5.74) is 8.04. The first-order valence-electron chi connectivity index (χ1n) is 5.36. The van der Waals surface area contributed by atoms with Gasteiger partial charge in [-0.1, -0.05) is 0 Å². The second kappa shape index (κ2) is 6.39. The molecule has 0 aliphatic carbocycles. The van der Waals surface area contributed by atoms with Gasteiger partial charge in [0.2, 0.25) is 0 Å². The fourth-order valence-electron chi connectivity index (χ4n) is 1.32. The van der Waals surface area contributed by atoms with E-state index in [2.05, 4.69) is 5.10 Å². The summed E-state index contributed by atoms with van der Waals surface area (Å²) in [5.74, 6) is -0.945. The highest BCUT2D eigenvalue weighted by atomic mass is 16.5. The zero-order valence-corrected chi connectivity index (χ0v) is 10.9. The van der Waals surface area contributed by atoms with Gasteiger partial charge in [-0.05, 0) is 25.1 Å². The van der Waals surface area contributed by atoms with Gasteiger partial charge in [0.05, 0.1) is 19.9 Å². The first-order chi connectivity index (χ1) is 8.99. The summed E-state index contributed by atoms with van der Waals surface area (Å²) in [6.07, 6.45) is 0. The molecule has 0 aliphatic heterocycles. The number of hydrazone groups is 1. The number of nitrogens with zero attached hydrogens (tertiary/aromatic N) is 1. The van der Waals surface area contributed by atoms with Crippen LogP contribution in [0.2, 0.25) is 0 Å². The minimum absolute atomic E-state index is 0.496. The van der Waals surface area contributed by atoms with Gasteiger partial charge in [0, 0.05) is 5.56 Å². The van der Waals surface area contributed by atoms with Crippen molar-refractivity contribution in [2.45, 2.75) is 6.92 Å². The van der Waals surface area contributed by atoms with E-state index < -0.39 is 11.8 Å². The van der Waals surface area contributed by atoms with Crippen molar-refractivity contribution in [3.05, 3.63) is 23.8 Å². The molecule has 102 valence electrons. The maximum absolute atomic E-state index is 11.0. The molecule has 0 fully saturated rings. The number of benzene rings is 1. The second-order valence-electron chi connectivity index (χ2n) is 3.57. The molecule has 19 heavy (non-hydrogen) atoms. The third kappa shape index (κ3) is 3.70. The van der Waals surface area contributed by atoms with Crippen molar-refractivity contribution in [2.75, 3.05) is 14.2 Å². The lowest BCUT2D eigenvalue weighted by Crippen LogP contribution is -2.33. The van der Waals surface area contributed by atoms with Crippen LogP contribution in [0, 0.1) is 0 Å². The predicted octanol–water partition coefficient (Wildman–Crippen LogP) is 0.0293. The van der Waals surface area contributed by atoms with E-state index in [1.165, 1.54) is 14.2 Å². The van der Waals surface area contributed by atoms with Crippen LogP contribution in [-0.2, 0) is 9.59 Å². The quantitative estimate of drug-likeness (QED) is 0.455. The number of amides is 2. The van der Waals surface area contributed by atoms with Crippen LogP contribution < -0.4 is 20.6 Å². The van der Waals surface area contributed by atoms with Crippen LogP contribution in [0.15, 0.2) is 23.3 Å². The Morgan fingerprint density at radius 2 is 1.84 bits per heavy atom. The number of hydrogen-bond donors (Lipinski definition) is 2. The predicted molar refractivity (Wildman–Crippen MR) is 69.1 cm³/mol. The number of hydrogen-bond acceptors (Lipinski definition) is 5. The minimum Gasteiger partial charge on any atom is -0.493 e. The van der Waals surface area contributed by atoms with Gasteiger partial charge in [0.25, 0.3) is 0 Å². The third-order valence-corrected chi connectivity index (χ3v) is 2.35. The monoisotopic (exact) mass is 265 g/mol. The van der Waals surface area contributed by atoms with Crippen molar-refractivity contribution < 1.29 is 19.1 Å². The molecule has 0 unspecified atom stereocenters. The van der Waals surface area contributed by atoms with E-state index in [-0.39, 0.29) is 0 Å². The summed E-state index contributed by atoms with van der Waals surface area (Å²) >= 11 is 0. The van der Waals surface area contributed by atoms with Crippen molar-refractivity contribution in [3.63, 3.8) is 0 Å². The molecule has 1 aromatic rings. The Morgan fingerprint density at radius 1 is 1.21 bits per heavy atom. The first kappa shape index (κ1) is 14.5. The molecule has 3 N–H and O–H groups in total. The van der Waals surface area contributed by atoms with Gasteiger partial charge in [-0.25, -0.2) is 5.43 Å². The molecule has 7 nitrogen and oxygen atoms in total. The van der Waals surface area contributed by atoms with Crippen molar-refractivity contribution in [1.29, 1.82) is 0 Å². The average Bonchev–Trinajstić information content (AvgIpc) is 2.43. The van der Waals surface area contributed by atoms with E-state index in [9.17, 15) is 9.59 Å². The Morgan fingerprint density at radius 3 is 2.37 bits per heavy atom. The summed E-state index contributed by atoms with van der Waals surface area (Å²) in [6, 6.07) is 5.16. The smallest absolute Gasteiger partial charge is 0.329 e. The summed E-state index contributed by atoms with van der Waals surface area (Å²) in [4.78, 5) is 21.5. The molecule has 0 bridgehead atoms. The number of rotatable bonds is 4. The van der Waals surface area contributed by atoms with E-state index >= 15 is 0 Å². The summed E-state index contributed by atoms with van der Waals surface area (Å²) in [5, 5.41) is 3.77. The minimum atomic E-state index is -1.09. The summed E-state index contributed by atoms with van der Waals surface area (Å²) < 4.78 is 10.3. The van der Waals surface area contributed by atoms with Gasteiger partial charge < -0.3 is 15.2 Å². The van der Waals surface area contributed by atoms with Crippen molar-refractivity contribution >= 4 is 17.5 Å². The Kier molecular flexibility index (Phi) is 4.87. The Hall–Kier alpha value is -2.57. The van der Waals surface area contributed by atoms with Crippen LogP contribution >= 0.6 is 0 Å². The van der Waals surface area contributed by atoms with Gasteiger partial charge in [-0.15, -0.1) is 0 Å². The fourth-order valence-corrected chi connectivity index (χ4v) is 1.32. The maximum Gasteiger partial charge on any atom is 0.329 e. The number of primary amides is 1. The van der Waals surface area contributed by atoms with Gasteiger partial charge in [-0.2, -0.15) is 5.10 Å². The summed E-state index contributed by atoms with van der Waals surface area (Å²) in [7, 11) is 3.05. The zero-order chi connectivity index (χ0) is 14.4. The summed E-state index contributed by atoms with van der Waals surface area (Å²) in [6.45, 7) is 1.67. The van der Waals surface area contributed by atoms with Gasteiger partial charge >= 0.3 is 11.8 Å². The highest BCUT2D eigenvalue weighted by Crippen LogP contribution is 2.27. The molecule has 1 aromatic carbocycles. The van der Waals surface area contributed by atoms with Crippen LogP contribution in [0.1, 0.15) is 12.5 Å². The lowest BCUT2D eigenvalue weighted by atomic mass is 10.1. The third-order valence-electron chi connectivity index (χ3n) is 2.35. The van der Waals surface area contributed by atoms with E-state index in [1.54, 1.807) is 25.1 Å². The molecule has 1 rings (SSSR count). The van der Waals surface area contributed by atoms with E-state index in [4.69, 9.17) is 15.2 Å². The number of methoxy groups -OCH3 is 2. The molecule has 0 heterocycles. The van der Waals surface area contributed by atoms with Crippen molar-refractivity contribution in [3.8, 4) is 11.5 Å². The zero-order valence-electron chi connectivity index (χ0n) is 10.9. The molecule has 0 atom stereocenters. The molecule has 0 saturated heterocycles. The normalized spacial score (nSPS) is 10.8. The molecule has 0 aliphatic rings. The molecule has 0 aromatic heterocycles. The lowest BCUT2D eigenvalue weighted by Gasteiger charge is -2.09. The van der Waals surface area contributed by atoms with Crippen LogP contribution in [0.5, 0.6) is 11.5 Å². The molecule has 2 amide bonds. The fraction of sp³-hybridized carbons (Fsp3) is 0.250. The SMILES string of the molecule is COc1ccc(/C(C)=N/NC(=O)C(N)=O)cc1OC. The van der Waals surface area contributed by atoms with Crippen LogP contribution in [0.4, 0.5) is 0 Å². The first-order valence-corrected chi connectivity index (χ1v) is 5.36. The van der Waals surface area contributed by atoms with E-state index in [0.717, 1.165) is 0 Å². The standard InChI is InChI=1S/C12H15N3O4/c1-7(14-15-12(17)11(13)16)8-4-5-9(18-2)10(6-8)19-3/h4-6H,1-3H3,(H2,13,16)(H,15,17)/b14-7+. The van der Waals surface area contributed by atoms with Gasteiger partial charge in [0.1, 0.15) is 0 Å². The second-order valence-corrected chi connectivity index (χ2v) is 3.57. The number of carbonyl (C=O) groups excluding carboxylic acids is 2. The molecular weight excluding hydrogens is 250 g/mol. The lowest BCUT2D eigenvalue weighted by molar-refractivity contribution is -0.137. The highest BCUT2D eigenvalue weighted by Gasteiger charge is 2.09. The number of nitrogens with one attached hydrogen (secondary N) is 1. The largest absolute Gasteiger partial charge is 0.493 e. The molecular formula is C12H15N3O4. The highest BCUT2D eigenvalue weighted by molar-refractivity contribution is 6.34. The molecule has 0 saturated carbocycles. The molecule has 0 radical (unpaired) electrons. The van der Waals surface area contributed by atoms with Crippen LogP contribution in [-0.4, -0.2) is 31.7 Å². The average molecular weight is 265 g/mol. The van der Waals surface area contributed by atoms with Crippen LogP contribution in [0.3, 0.4) is 0 Å². The Balaban J connectivity index is 2.93. The van der Waals surface area contributed by atoms with E-state index in [1.807, 2.05) is 5.43 Å². The van der Waals surface area contributed by atoms with Gasteiger partial charge in [-0.3, -0.25) is 9.59 Å². The van der Waals surface area contributed by atoms with Crippen LogP contribution in [0.25, 0.3) is 0 Å². The van der Waals surface area contributed by atoms with Gasteiger partial charge in [0.15, 0.2) is 11.5 Å². The van der Waals surface area contributed by atoms with Crippen molar-refractivity contribution in [1.82, 2.24) is 5.43 Å². The Bertz CT molecular complexity index is 526. The van der Waals surface area contributed by atoms with Crippen molar-refractivity contribution in [2.24, 2.45) is 10.8 Å². The number of carbonyl (C=O) groups is 2. The van der Waals surface area contributed by atoms with E-state index in [0.29, 0.717) is 22.8 Å².